The van der Waals surface area contributed by atoms with Crippen molar-refractivity contribution in [2.24, 2.45) is 0 Å². The monoisotopic (exact) mass is 301 g/mol. The molecule has 0 aliphatic rings. The lowest BCUT2D eigenvalue weighted by molar-refractivity contribution is -0.114. The van der Waals surface area contributed by atoms with Gasteiger partial charge in [-0.15, -0.1) is 0 Å². The van der Waals surface area contributed by atoms with E-state index in [0.29, 0.717) is 17.8 Å². The average molecular weight is 301 g/mol. The minimum absolute atomic E-state index is 0.138. The van der Waals surface area contributed by atoms with Crippen LogP contribution >= 0.6 is 0 Å². The average Bonchev–Trinajstić information content (AvgIpc) is 2.74. The number of nitrogens with one attached hydrogen (secondary N) is 1. The van der Waals surface area contributed by atoms with Crippen LogP contribution in [0.4, 0.5) is 5.69 Å². The minimum Gasteiger partial charge on any atom is -0.465 e. The van der Waals surface area contributed by atoms with Crippen LogP contribution in [0.3, 0.4) is 0 Å². The Morgan fingerprint density at radius 1 is 1.27 bits per heavy atom. The van der Waals surface area contributed by atoms with E-state index >= 15 is 0 Å². The third kappa shape index (κ3) is 3.16. The molecular formula is C16H19N3O3. The molecule has 6 nitrogen and oxygen atoms in total. The number of hydrogen-bond acceptors (Lipinski definition) is 4. The summed E-state index contributed by atoms with van der Waals surface area (Å²) in [6.45, 7) is 5.60. The van der Waals surface area contributed by atoms with Crippen molar-refractivity contribution in [1.82, 2.24) is 9.78 Å². The zero-order chi connectivity index (χ0) is 16.3. The smallest absolute Gasteiger partial charge is 0.338 e. The molecule has 1 aromatic carbocycles. The second-order valence-electron chi connectivity index (χ2n) is 5.03. The van der Waals surface area contributed by atoms with E-state index in [1.807, 2.05) is 26.0 Å². The maximum Gasteiger partial charge on any atom is 0.338 e. The molecule has 1 amide bonds. The van der Waals surface area contributed by atoms with Gasteiger partial charge in [-0.1, -0.05) is 18.2 Å². The number of benzene rings is 1. The second kappa shape index (κ2) is 6.43. The number of rotatable bonds is 4. The first-order valence-electron chi connectivity index (χ1n) is 6.91. The minimum atomic E-state index is -0.376. The van der Waals surface area contributed by atoms with Crippen molar-refractivity contribution in [3.63, 3.8) is 0 Å². The molecule has 0 radical (unpaired) electrons. The summed E-state index contributed by atoms with van der Waals surface area (Å²) in [5.74, 6) is -0.514. The molecule has 1 N–H and O–H groups in total. The fourth-order valence-electron chi connectivity index (χ4n) is 2.34. The lowest BCUT2D eigenvalue weighted by Crippen LogP contribution is -2.11. The topological polar surface area (TPSA) is 73.2 Å². The Balaban J connectivity index is 2.36. The van der Waals surface area contributed by atoms with Crippen molar-refractivity contribution in [3.8, 4) is 0 Å². The van der Waals surface area contributed by atoms with Gasteiger partial charge in [-0.3, -0.25) is 9.48 Å². The van der Waals surface area contributed by atoms with Gasteiger partial charge in [0.25, 0.3) is 0 Å². The van der Waals surface area contributed by atoms with Gasteiger partial charge in [-0.05, 0) is 25.5 Å². The number of esters is 1. The quantitative estimate of drug-likeness (QED) is 0.879. The lowest BCUT2D eigenvalue weighted by Gasteiger charge is -2.09. The number of aromatic nitrogens is 2. The van der Waals surface area contributed by atoms with Crippen LogP contribution in [0.1, 0.15) is 34.2 Å². The van der Waals surface area contributed by atoms with Crippen LogP contribution in [0.2, 0.25) is 0 Å². The normalized spacial score (nSPS) is 10.4. The van der Waals surface area contributed by atoms with E-state index in [2.05, 4.69) is 10.4 Å². The van der Waals surface area contributed by atoms with E-state index in [4.69, 9.17) is 4.74 Å². The summed E-state index contributed by atoms with van der Waals surface area (Å²) >= 11 is 0. The number of nitrogens with zero attached hydrogens (tertiary/aromatic N) is 2. The predicted molar refractivity (Wildman–Crippen MR) is 82.9 cm³/mol. The predicted octanol–water partition coefficient (Wildman–Crippen LogP) is 2.29. The maximum atomic E-state index is 11.8. The Kier molecular flexibility index (Phi) is 4.60. The first kappa shape index (κ1) is 15.8. The molecule has 0 aliphatic heterocycles. The van der Waals surface area contributed by atoms with Crippen LogP contribution < -0.4 is 5.32 Å². The highest BCUT2D eigenvalue weighted by Crippen LogP contribution is 2.21. The van der Waals surface area contributed by atoms with Crippen LogP contribution in [0.25, 0.3) is 0 Å². The molecule has 2 rings (SSSR count). The van der Waals surface area contributed by atoms with Gasteiger partial charge < -0.3 is 10.1 Å². The number of hydrogen-bond donors (Lipinski definition) is 1. The largest absolute Gasteiger partial charge is 0.465 e. The molecule has 0 spiro atoms. The molecule has 0 aliphatic carbocycles. The zero-order valence-corrected chi connectivity index (χ0v) is 13.1. The van der Waals surface area contributed by atoms with Gasteiger partial charge in [-0.2, -0.15) is 5.10 Å². The highest BCUT2D eigenvalue weighted by Gasteiger charge is 2.16. The summed E-state index contributed by atoms with van der Waals surface area (Å²) < 4.78 is 6.57. The number of carbonyl (C=O) groups excluding carboxylic acids is 2. The standard InChI is InChI=1S/C16H19N3O3/c1-10-15(17-12(3)20)11(2)19(18-10)9-13-7-5-6-8-14(13)16(21)22-4/h5-8H,9H2,1-4H3,(H,17,20). The highest BCUT2D eigenvalue weighted by molar-refractivity contribution is 5.91. The third-order valence-electron chi connectivity index (χ3n) is 3.43. The molecule has 0 fully saturated rings. The zero-order valence-electron chi connectivity index (χ0n) is 13.1. The molecule has 0 unspecified atom stereocenters. The number of aryl methyl sites for hydroxylation is 1. The summed E-state index contributed by atoms with van der Waals surface area (Å²) in [5.41, 5.74) is 3.62. The fraction of sp³-hybridized carbons (Fsp3) is 0.312. The molecule has 0 atom stereocenters. The van der Waals surface area contributed by atoms with Gasteiger partial charge in [0.1, 0.15) is 0 Å². The van der Waals surface area contributed by atoms with Crippen LogP contribution in [-0.2, 0) is 16.1 Å². The van der Waals surface area contributed by atoms with E-state index < -0.39 is 0 Å². The molecule has 1 aromatic heterocycles. The summed E-state index contributed by atoms with van der Waals surface area (Å²) in [6, 6.07) is 7.24. The number of amides is 1. The SMILES string of the molecule is COC(=O)c1ccccc1Cn1nc(C)c(NC(C)=O)c1C. The molecule has 6 heteroatoms. The molecule has 116 valence electrons. The Bertz CT molecular complexity index is 719. The molecule has 0 bridgehead atoms. The number of ether oxygens (including phenoxy) is 1. The Morgan fingerprint density at radius 2 is 1.95 bits per heavy atom. The lowest BCUT2D eigenvalue weighted by atomic mass is 10.1. The van der Waals surface area contributed by atoms with Gasteiger partial charge >= 0.3 is 5.97 Å². The molecule has 0 saturated carbocycles. The number of methoxy groups -OCH3 is 1. The van der Waals surface area contributed by atoms with Crippen molar-refractivity contribution in [3.05, 3.63) is 46.8 Å². The van der Waals surface area contributed by atoms with Crippen molar-refractivity contribution in [1.29, 1.82) is 0 Å². The molecule has 22 heavy (non-hydrogen) atoms. The van der Waals surface area contributed by atoms with E-state index in [1.54, 1.807) is 16.8 Å². The first-order chi connectivity index (χ1) is 10.4. The van der Waals surface area contributed by atoms with Crippen LogP contribution in [0, 0.1) is 13.8 Å². The van der Waals surface area contributed by atoms with Crippen molar-refractivity contribution < 1.29 is 14.3 Å². The Morgan fingerprint density at radius 3 is 2.59 bits per heavy atom. The van der Waals surface area contributed by atoms with Gasteiger partial charge in [0, 0.05) is 6.92 Å². The van der Waals surface area contributed by atoms with Crippen LogP contribution in [0.15, 0.2) is 24.3 Å². The van der Waals surface area contributed by atoms with Crippen LogP contribution in [0.5, 0.6) is 0 Å². The van der Waals surface area contributed by atoms with E-state index in [0.717, 1.165) is 17.0 Å². The van der Waals surface area contributed by atoms with E-state index in [1.165, 1.54) is 14.0 Å². The molecule has 1 heterocycles. The van der Waals surface area contributed by atoms with Gasteiger partial charge in [0.15, 0.2) is 0 Å². The molecular weight excluding hydrogens is 282 g/mol. The summed E-state index contributed by atoms with van der Waals surface area (Å²) in [4.78, 5) is 23.1. The second-order valence-corrected chi connectivity index (χ2v) is 5.03. The third-order valence-corrected chi connectivity index (χ3v) is 3.43. The van der Waals surface area contributed by atoms with Crippen molar-refractivity contribution >= 4 is 17.6 Å². The van der Waals surface area contributed by atoms with Gasteiger partial charge in [0.2, 0.25) is 5.91 Å². The first-order valence-corrected chi connectivity index (χ1v) is 6.91. The Hall–Kier alpha value is -2.63. The maximum absolute atomic E-state index is 11.8. The van der Waals surface area contributed by atoms with Crippen LogP contribution in [-0.4, -0.2) is 28.8 Å². The summed E-state index contributed by atoms with van der Waals surface area (Å²) in [6.07, 6.45) is 0. The van der Waals surface area contributed by atoms with Crippen molar-refractivity contribution in [2.75, 3.05) is 12.4 Å². The Labute approximate surface area is 129 Å². The molecule has 0 saturated heterocycles. The fourth-order valence-corrected chi connectivity index (χ4v) is 2.34. The van der Waals surface area contributed by atoms with Crippen molar-refractivity contribution in [2.45, 2.75) is 27.3 Å². The highest BCUT2D eigenvalue weighted by atomic mass is 16.5. The van der Waals surface area contributed by atoms with Gasteiger partial charge in [0.05, 0.1) is 36.3 Å². The van der Waals surface area contributed by atoms with E-state index in [-0.39, 0.29) is 11.9 Å². The van der Waals surface area contributed by atoms with Gasteiger partial charge in [-0.25, -0.2) is 4.79 Å². The number of anilines is 1. The number of carbonyl (C=O) groups is 2. The molecule has 2 aromatic rings. The summed E-state index contributed by atoms with van der Waals surface area (Å²) in [7, 11) is 1.36. The summed E-state index contributed by atoms with van der Waals surface area (Å²) in [5, 5.41) is 7.22. The van der Waals surface area contributed by atoms with E-state index in [9.17, 15) is 9.59 Å².